The molecule has 16 heavy (non-hydrogen) atoms. The lowest BCUT2D eigenvalue weighted by molar-refractivity contribution is 0.0849. The number of nitrogens with one attached hydrogen (secondary N) is 1. The van der Waals surface area contributed by atoms with Crippen LogP contribution in [0.15, 0.2) is 6.20 Å². The van der Waals surface area contributed by atoms with E-state index in [1.807, 2.05) is 0 Å². The number of halogens is 1. The maximum Gasteiger partial charge on any atom is 0.270 e. The first-order valence-electron chi connectivity index (χ1n) is 5.26. The van der Waals surface area contributed by atoms with Crippen molar-refractivity contribution < 1.29 is 9.53 Å². The third-order valence-electron chi connectivity index (χ3n) is 2.62. The first-order valence-corrected chi connectivity index (χ1v) is 6.33. The monoisotopic (exact) mass is 335 g/mol. The van der Waals surface area contributed by atoms with Crippen LogP contribution in [-0.2, 0) is 11.8 Å². The number of hydrogen-bond acceptors (Lipinski definition) is 3. The maximum absolute atomic E-state index is 11.9. The van der Waals surface area contributed by atoms with Gasteiger partial charge in [0.05, 0.1) is 15.9 Å². The van der Waals surface area contributed by atoms with Gasteiger partial charge < -0.3 is 10.1 Å². The molecule has 2 heterocycles. The summed E-state index contributed by atoms with van der Waals surface area (Å²) in [5, 5.41) is 6.91. The van der Waals surface area contributed by atoms with Crippen molar-refractivity contribution in [1.82, 2.24) is 15.1 Å². The Morgan fingerprint density at radius 1 is 1.81 bits per heavy atom. The number of carbonyl (C=O) groups excluding carboxylic acids is 1. The predicted octanol–water partition coefficient (Wildman–Crippen LogP) is 0.933. The van der Waals surface area contributed by atoms with Crippen molar-refractivity contribution in [3.63, 3.8) is 0 Å². The minimum absolute atomic E-state index is 0.0834. The second-order valence-electron chi connectivity index (χ2n) is 3.81. The van der Waals surface area contributed by atoms with Crippen molar-refractivity contribution in [1.29, 1.82) is 0 Å². The number of aromatic nitrogens is 2. The van der Waals surface area contributed by atoms with Crippen LogP contribution in [0.1, 0.15) is 23.3 Å². The number of amides is 1. The van der Waals surface area contributed by atoms with Gasteiger partial charge in [0.2, 0.25) is 0 Å². The van der Waals surface area contributed by atoms with E-state index in [1.165, 1.54) is 0 Å². The summed E-state index contributed by atoms with van der Waals surface area (Å²) >= 11 is 2.11. The van der Waals surface area contributed by atoms with Gasteiger partial charge in [0.25, 0.3) is 5.91 Å². The molecule has 1 aromatic rings. The van der Waals surface area contributed by atoms with Gasteiger partial charge in [-0.2, -0.15) is 5.10 Å². The molecule has 1 aliphatic rings. The van der Waals surface area contributed by atoms with Gasteiger partial charge in [0.1, 0.15) is 5.69 Å². The van der Waals surface area contributed by atoms with Gasteiger partial charge in [0.15, 0.2) is 0 Å². The average molecular weight is 335 g/mol. The van der Waals surface area contributed by atoms with Crippen molar-refractivity contribution >= 4 is 28.5 Å². The van der Waals surface area contributed by atoms with Crippen LogP contribution >= 0.6 is 22.6 Å². The molecule has 0 aromatic carbocycles. The van der Waals surface area contributed by atoms with Gasteiger partial charge in [0, 0.05) is 20.2 Å². The first-order chi connectivity index (χ1) is 7.68. The van der Waals surface area contributed by atoms with Gasteiger partial charge in [-0.25, -0.2) is 0 Å². The minimum Gasteiger partial charge on any atom is -0.376 e. The molecule has 1 saturated heterocycles. The molecule has 6 heteroatoms. The molecular formula is C10H14IN3O2. The Balaban J connectivity index is 1.92. The van der Waals surface area contributed by atoms with Crippen LogP contribution in [0.25, 0.3) is 0 Å². The highest BCUT2D eigenvalue weighted by Gasteiger charge is 2.19. The van der Waals surface area contributed by atoms with E-state index in [2.05, 4.69) is 33.0 Å². The van der Waals surface area contributed by atoms with Crippen LogP contribution < -0.4 is 5.32 Å². The molecule has 0 spiro atoms. The second-order valence-corrected chi connectivity index (χ2v) is 4.97. The second kappa shape index (κ2) is 5.13. The molecule has 0 unspecified atom stereocenters. The molecule has 0 aliphatic carbocycles. The zero-order valence-electron chi connectivity index (χ0n) is 9.07. The fourth-order valence-corrected chi connectivity index (χ4v) is 2.48. The van der Waals surface area contributed by atoms with Crippen molar-refractivity contribution in [2.75, 3.05) is 13.2 Å². The smallest absolute Gasteiger partial charge is 0.270 e. The minimum atomic E-state index is -0.0834. The summed E-state index contributed by atoms with van der Waals surface area (Å²) in [6, 6.07) is 0. The fraction of sp³-hybridized carbons (Fsp3) is 0.600. The average Bonchev–Trinajstić information content (AvgIpc) is 2.86. The van der Waals surface area contributed by atoms with E-state index in [4.69, 9.17) is 4.74 Å². The van der Waals surface area contributed by atoms with Gasteiger partial charge in [-0.05, 0) is 35.4 Å². The summed E-state index contributed by atoms with van der Waals surface area (Å²) in [4.78, 5) is 11.9. The Labute approximate surface area is 108 Å². The number of hydrogen-bond donors (Lipinski definition) is 1. The van der Waals surface area contributed by atoms with Crippen LogP contribution in [0.5, 0.6) is 0 Å². The van der Waals surface area contributed by atoms with E-state index >= 15 is 0 Å². The summed E-state index contributed by atoms with van der Waals surface area (Å²) < 4.78 is 7.90. The van der Waals surface area contributed by atoms with Gasteiger partial charge in [-0.15, -0.1) is 0 Å². The largest absolute Gasteiger partial charge is 0.376 e. The third kappa shape index (κ3) is 2.54. The summed E-state index contributed by atoms with van der Waals surface area (Å²) in [7, 11) is 1.77. The Kier molecular flexibility index (Phi) is 3.80. The Morgan fingerprint density at radius 3 is 3.19 bits per heavy atom. The highest BCUT2D eigenvalue weighted by atomic mass is 127. The first kappa shape index (κ1) is 11.8. The Morgan fingerprint density at radius 2 is 2.62 bits per heavy atom. The molecule has 0 radical (unpaired) electrons. The SMILES string of the molecule is Cn1ncc(I)c1C(=O)NC[C@H]1CCCO1. The highest BCUT2D eigenvalue weighted by Crippen LogP contribution is 2.12. The molecule has 2 rings (SSSR count). The van der Waals surface area contributed by atoms with Gasteiger partial charge in [-0.1, -0.05) is 0 Å². The Hall–Kier alpha value is -0.630. The summed E-state index contributed by atoms with van der Waals surface area (Å²) in [6.07, 6.45) is 3.98. The molecule has 1 aliphatic heterocycles. The standard InChI is InChI=1S/C10H14IN3O2/c1-14-9(8(11)6-13-14)10(15)12-5-7-3-2-4-16-7/h6-7H,2-5H2,1H3,(H,12,15)/t7-/m1/s1. The van der Waals surface area contributed by atoms with Crippen LogP contribution in [0.4, 0.5) is 0 Å². The molecule has 0 bridgehead atoms. The van der Waals surface area contributed by atoms with E-state index in [1.54, 1.807) is 17.9 Å². The van der Waals surface area contributed by atoms with E-state index < -0.39 is 0 Å². The van der Waals surface area contributed by atoms with E-state index in [0.717, 1.165) is 23.0 Å². The molecule has 1 atom stereocenters. The molecule has 1 N–H and O–H groups in total. The number of nitrogens with zero attached hydrogens (tertiary/aromatic N) is 2. The number of ether oxygens (including phenoxy) is 1. The van der Waals surface area contributed by atoms with Crippen molar-refractivity contribution in [3.8, 4) is 0 Å². The van der Waals surface area contributed by atoms with Crippen LogP contribution in [0.3, 0.4) is 0 Å². The molecule has 1 fully saturated rings. The molecule has 0 saturated carbocycles. The zero-order chi connectivity index (χ0) is 11.5. The third-order valence-corrected chi connectivity index (χ3v) is 3.41. The lowest BCUT2D eigenvalue weighted by atomic mass is 10.2. The van der Waals surface area contributed by atoms with E-state index in [0.29, 0.717) is 12.2 Å². The van der Waals surface area contributed by atoms with Gasteiger partial charge >= 0.3 is 0 Å². The van der Waals surface area contributed by atoms with Crippen LogP contribution in [0.2, 0.25) is 0 Å². The maximum atomic E-state index is 11.9. The van der Waals surface area contributed by atoms with Crippen LogP contribution in [-0.4, -0.2) is 34.9 Å². The molecular weight excluding hydrogens is 321 g/mol. The summed E-state index contributed by atoms with van der Waals surface area (Å²) in [6.45, 7) is 1.39. The molecule has 88 valence electrons. The lowest BCUT2D eigenvalue weighted by Crippen LogP contribution is -2.33. The summed E-state index contributed by atoms with van der Waals surface area (Å²) in [5.74, 6) is -0.0834. The van der Waals surface area contributed by atoms with E-state index in [9.17, 15) is 4.79 Å². The number of carbonyl (C=O) groups is 1. The van der Waals surface area contributed by atoms with E-state index in [-0.39, 0.29) is 12.0 Å². The van der Waals surface area contributed by atoms with Crippen molar-refractivity contribution in [2.24, 2.45) is 7.05 Å². The summed E-state index contributed by atoms with van der Waals surface area (Å²) in [5.41, 5.74) is 0.610. The number of rotatable bonds is 3. The van der Waals surface area contributed by atoms with Crippen molar-refractivity contribution in [2.45, 2.75) is 18.9 Å². The van der Waals surface area contributed by atoms with Crippen molar-refractivity contribution in [3.05, 3.63) is 15.5 Å². The van der Waals surface area contributed by atoms with Gasteiger partial charge in [-0.3, -0.25) is 9.48 Å². The Bertz CT molecular complexity index is 366. The number of aryl methyl sites for hydroxylation is 1. The highest BCUT2D eigenvalue weighted by molar-refractivity contribution is 14.1. The zero-order valence-corrected chi connectivity index (χ0v) is 11.2. The molecule has 1 aromatic heterocycles. The topological polar surface area (TPSA) is 56.2 Å². The molecule has 1 amide bonds. The molecule has 5 nitrogen and oxygen atoms in total. The lowest BCUT2D eigenvalue weighted by Gasteiger charge is -2.10. The quantitative estimate of drug-likeness (QED) is 0.837. The normalized spacial score (nSPS) is 20.0. The predicted molar refractivity (Wildman–Crippen MR) is 67.2 cm³/mol. The fourth-order valence-electron chi connectivity index (χ4n) is 1.76. The van der Waals surface area contributed by atoms with Crippen LogP contribution in [0, 0.1) is 3.57 Å².